The van der Waals surface area contributed by atoms with Gasteiger partial charge in [-0.3, -0.25) is 4.98 Å². The molecular formula is C24H18FN3O3. The summed E-state index contributed by atoms with van der Waals surface area (Å²) in [6.45, 7) is 0. The molecule has 0 saturated heterocycles. The molecule has 0 atom stereocenters. The van der Waals surface area contributed by atoms with E-state index in [1.807, 2.05) is 42.5 Å². The molecule has 0 aliphatic carbocycles. The van der Waals surface area contributed by atoms with Crippen molar-refractivity contribution in [1.29, 1.82) is 5.26 Å². The van der Waals surface area contributed by atoms with Crippen LogP contribution in [0.3, 0.4) is 0 Å². The molecule has 0 saturated carbocycles. The van der Waals surface area contributed by atoms with E-state index in [1.165, 1.54) is 30.5 Å². The van der Waals surface area contributed by atoms with Crippen molar-refractivity contribution in [2.24, 2.45) is 0 Å². The average Bonchev–Trinajstić information content (AvgIpc) is 2.82. The minimum atomic E-state index is -0.546. The maximum atomic E-state index is 14.3. The Balaban J connectivity index is 2.00. The van der Waals surface area contributed by atoms with E-state index in [0.717, 1.165) is 0 Å². The van der Waals surface area contributed by atoms with Gasteiger partial charge in [0.1, 0.15) is 11.8 Å². The van der Waals surface area contributed by atoms with E-state index in [4.69, 9.17) is 14.3 Å². The number of anilines is 2. The summed E-state index contributed by atoms with van der Waals surface area (Å²) in [5.74, 6) is 0.451. The molecule has 0 fully saturated rings. The summed E-state index contributed by atoms with van der Waals surface area (Å²) in [5, 5.41) is 11.8. The van der Waals surface area contributed by atoms with E-state index in [2.05, 4.69) is 11.1 Å². The molecule has 4 rings (SSSR count). The highest BCUT2D eigenvalue weighted by atomic mass is 19.1. The van der Waals surface area contributed by atoms with Crippen LogP contribution in [0.2, 0.25) is 0 Å². The fraction of sp³-hybridized carbons (Fsp3) is 0.0833. The zero-order valence-electron chi connectivity index (χ0n) is 16.9. The number of para-hydroxylation sites is 3. The number of halogens is 1. The highest BCUT2D eigenvalue weighted by Crippen LogP contribution is 2.39. The third-order valence-electron chi connectivity index (χ3n) is 4.69. The Kier molecular flexibility index (Phi) is 5.54. The molecular weight excluding hydrogens is 397 g/mol. The van der Waals surface area contributed by atoms with Crippen LogP contribution in [0, 0.1) is 17.1 Å². The van der Waals surface area contributed by atoms with Crippen molar-refractivity contribution in [3.63, 3.8) is 0 Å². The van der Waals surface area contributed by atoms with Crippen LogP contribution in [0.15, 0.2) is 72.9 Å². The van der Waals surface area contributed by atoms with Crippen molar-refractivity contribution in [2.45, 2.75) is 0 Å². The quantitative estimate of drug-likeness (QED) is 0.393. The van der Waals surface area contributed by atoms with Crippen LogP contribution in [-0.4, -0.2) is 19.2 Å². The van der Waals surface area contributed by atoms with Crippen LogP contribution in [0.25, 0.3) is 10.9 Å². The third kappa shape index (κ3) is 3.79. The summed E-state index contributed by atoms with van der Waals surface area (Å²) in [7, 11) is 2.93. The maximum absolute atomic E-state index is 14.3. The number of pyridine rings is 1. The third-order valence-corrected chi connectivity index (χ3v) is 4.69. The number of hydrogen-bond acceptors (Lipinski definition) is 6. The van der Waals surface area contributed by atoms with Crippen molar-refractivity contribution >= 4 is 22.3 Å². The number of fused-ring (bicyclic) bond motifs is 1. The summed E-state index contributed by atoms with van der Waals surface area (Å²) in [4.78, 5) is 10.5. The Labute approximate surface area is 178 Å². The molecule has 6 nitrogen and oxygen atoms in total. The topological polar surface area (TPSA) is 67.6 Å². The molecule has 0 aliphatic heterocycles. The van der Waals surface area contributed by atoms with Gasteiger partial charge in [-0.25, -0.2) is 4.39 Å². The van der Waals surface area contributed by atoms with Crippen LogP contribution in [0.1, 0.15) is 5.56 Å². The first-order valence-electron chi connectivity index (χ1n) is 9.38. The number of methoxy groups -OCH3 is 2. The highest BCUT2D eigenvalue weighted by molar-refractivity contribution is 5.97. The lowest BCUT2D eigenvalue weighted by Gasteiger charge is -2.27. The Bertz CT molecular complexity index is 1270. The highest BCUT2D eigenvalue weighted by Gasteiger charge is 2.23. The molecule has 1 heterocycles. The van der Waals surface area contributed by atoms with Crippen LogP contribution in [-0.2, 0) is 0 Å². The van der Waals surface area contributed by atoms with Crippen LogP contribution in [0.4, 0.5) is 15.8 Å². The minimum absolute atomic E-state index is 0.0379. The van der Waals surface area contributed by atoms with Gasteiger partial charge in [0.15, 0.2) is 23.1 Å². The predicted octanol–water partition coefficient (Wildman–Crippen LogP) is 5.39. The number of hydrogen-bond donors (Lipinski definition) is 0. The summed E-state index contributed by atoms with van der Waals surface area (Å²) < 4.78 is 24.9. The van der Waals surface area contributed by atoms with Crippen molar-refractivity contribution in [3.05, 3.63) is 84.3 Å². The van der Waals surface area contributed by atoms with E-state index in [1.54, 1.807) is 19.2 Å². The number of ether oxygens (including phenoxy) is 2. The fourth-order valence-corrected chi connectivity index (χ4v) is 3.22. The van der Waals surface area contributed by atoms with E-state index in [-0.39, 0.29) is 11.3 Å². The summed E-state index contributed by atoms with van der Waals surface area (Å²) in [6.07, 6.45) is 1.39. The lowest BCUT2D eigenvalue weighted by Crippen LogP contribution is -2.23. The van der Waals surface area contributed by atoms with Gasteiger partial charge in [-0.05, 0) is 30.3 Å². The molecule has 0 bridgehead atoms. The van der Waals surface area contributed by atoms with Gasteiger partial charge in [-0.2, -0.15) is 10.3 Å². The molecule has 1 aromatic heterocycles. The Morgan fingerprint density at radius 1 is 0.903 bits per heavy atom. The first-order valence-corrected chi connectivity index (χ1v) is 9.38. The van der Waals surface area contributed by atoms with Gasteiger partial charge in [-0.15, -0.1) is 0 Å². The van der Waals surface area contributed by atoms with Crippen molar-refractivity contribution in [1.82, 2.24) is 4.98 Å². The molecule has 4 aromatic rings. The second kappa shape index (κ2) is 8.59. The fourth-order valence-electron chi connectivity index (χ4n) is 3.22. The molecule has 0 aliphatic rings. The summed E-state index contributed by atoms with van der Waals surface area (Å²) in [6, 6.07) is 21.4. The first kappa shape index (κ1) is 20.0. The van der Waals surface area contributed by atoms with Gasteiger partial charge >= 0.3 is 0 Å². The SMILES string of the molecule is COc1cc2c(N(Oc3ccccc3OC)c3ccccc3)c(C#N)cnc2cc1F. The van der Waals surface area contributed by atoms with E-state index < -0.39 is 5.82 Å². The minimum Gasteiger partial charge on any atom is -0.494 e. The molecule has 3 aromatic carbocycles. The zero-order valence-corrected chi connectivity index (χ0v) is 16.9. The van der Waals surface area contributed by atoms with Gasteiger partial charge < -0.3 is 14.3 Å². The number of aromatic nitrogens is 1. The average molecular weight is 415 g/mol. The maximum Gasteiger partial charge on any atom is 0.197 e. The summed E-state index contributed by atoms with van der Waals surface area (Å²) in [5.41, 5.74) is 1.67. The number of nitrogens with zero attached hydrogens (tertiary/aromatic N) is 3. The van der Waals surface area contributed by atoms with Gasteiger partial charge in [-0.1, -0.05) is 30.3 Å². The van der Waals surface area contributed by atoms with Crippen LogP contribution < -0.4 is 19.4 Å². The Morgan fingerprint density at radius 3 is 2.26 bits per heavy atom. The summed E-state index contributed by atoms with van der Waals surface area (Å²) >= 11 is 0. The smallest absolute Gasteiger partial charge is 0.197 e. The van der Waals surface area contributed by atoms with Crippen LogP contribution in [0.5, 0.6) is 17.2 Å². The van der Waals surface area contributed by atoms with Crippen molar-refractivity contribution < 1.29 is 18.7 Å². The zero-order chi connectivity index (χ0) is 21.8. The Hall–Kier alpha value is -4.31. The van der Waals surface area contributed by atoms with Crippen LogP contribution >= 0.6 is 0 Å². The number of nitriles is 1. The molecule has 0 spiro atoms. The Morgan fingerprint density at radius 2 is 1.58 bits per heavy atom. The standard InChI is InChI=1S/C24H18FN3O3/c1-29-21-10-6-7-11-22(21)31-28(17-8-4-3-5-9-17)24-16(14-26)15-27-20-13-19(25)23(30-2)12-18(20)24/h3-13,15H,1-2H3. The molecule has 154 valence electrons. The lowest BCUT2D eigenvalue weighted by atomic mass is 10.1. The van der Waals surface area contributed by atoms with Gasteiger partial charge in [0.05, 0.1) is 31.0 Å². The van der Waals surface area contributed by atoms with Gasteiger partial charge in [0, 0.05) is 17.6 Å². The molecule has 0 N–H and O–H groups in total. The number of rotatable bonds is 6. The number of benzene rings is 3. The van der Waals surface area contributed by atoms with Gasteiger partial charge in [0.2, 0.25) is 0 Å². The molecule has 0 unspecified atom stereocenters. The van der Waals surface area contributed by atoms with E-state index in [9.17, 15) is 9.65 Å². The van der Waals surface area contributed by atoms with Crippen molar-refractivity contribution in [2.75, 3.05) is 19.3 Å². The normalized spacial score (nSPS) is 10.4. The monoisotopic (exact) mass is 415 g/mol. The molecule has 0 amide bonds. The molecule has 0 radical (unpaired) electrons. The van der Waals surface area contributed by atoms with E-state index >= 15 is 0 Å². The largest absolute Gasteiger partial charge is 0.494 e. The van der Waals surface area contributed by atoms with E-state index in [0.29, 0.717) is 33.8 Å². The predicted molar refractivity (Wildman–Crippen MR) is 115 cm³/mol. The lowest BCUT2D eigenvalue weighted by molar-refractivity contribution is 0.299. The first-order chi connectivity index (χ1) is 15.2. The van der Waals surface area contributed by atoms with Crippen molar-refractivity contribution in [3.8, 4) is 23.3 Å². The molecule has 31 heavy (non-hydrogen) atoms. The second-order valence-electron chi connectivity index (χ2n) is 6.51. The van der Waals surface area contributed by atoms with Gasteiger partial charge in [0.25, 0.3) is 0 Å². The molecule has 7 heteroatoms. The second-order valence-corrected chi connectivity index (χ2v) is 6.51.